The van der Waals surface area contributed by atoms with E-state index in [1.54, 1.807) is 12.1 Å². The first-order valence-electron chi connectivity index (χ1n) is 8.06. The van der Waals surface area contributed by atoms with Crippen LogP contribution in [0.5, 0.6) is 5.75 Å². The number of halogens is 3. The number of furan rings is 1. The summed E-state index contributed by atoms with van der Waals surface area (Å²) in [5, 5.41) is 9.77. The molecule has 2 aromatic carbocycles. The molecule has 1 aromatic heterocycles. The maximum absolute atomic E-state index is 13.2. The maximum Gasteiger partial charge on any atom is 0.430 e. The lowest BCUT2D eigenvalue weighted by molar-refractivity contribution is -0.187. The van der Waals surface area contributed by atoms with E-state index in [2.05, 4.69) is 0 Å². The normalized spacial score (nSPS) is 16.6. The van der Waals surface area contributed by atoms with E-state index in [-0.39, 0.29) is 11.3 Å². The molecule has 0 spiro atoms. The molecule has 0 bridgehead atoms. The Morgan fingerprint density at radius 2 is 1.89 bits per heavy atom. The van der Waals surface area contributed by atoms with Crippen LogP contribution in [0, 0.1) is 6.92 Å². The molecule has 0 aliphatic carbocycles. The summed E-state index contributed by atoms with van der Waals surface area (Å²) in [7, 11) is 0. The highest BCUT2D eigenvalue weighted by Gasteiger charge is 2.48. The molecule has 1 aliphatic heterocycles. The fourth-order valence-electron chi connectivity index (χ4n) is 3.13. The van der Waals surface area contributed by atoms with Gasteiger partial charge in [0.25, 0.3) is 0 Å². The molecule has 4 nitrogen and oxygen atoms in total. The highest BCUT2D eigenvalue weighted by Crippen LogP contribution is 2.40. The Morgan fingerprint density at radius 1 is 1.15 bits per heavy atom. The summed E-state index contributed by atoms with van der Waals surface area (Å²) in [6.45, 7) is 1.92. The molecule has 2 heterocycles. The zero-order valence-corrected chi connectivity index (χ0v) is 14.0. The van der Waals surface area contributed by atoms with Crippen LogP contribution in [-0.4, -0.2) is 23.4 Å². The Hall–Kier alpha value is -3.22. The zero-order valence-electron chi connectivity index (χ0n) is 14.0. The average Bonchev–Trinajstić information content (AvgIpc) is 3.00. The molecule has 4 rings (SSSR count). The Kier molecular flexibility index (Phi) is 3.76. The SMILES string of the molecule is Cc1ccccc1-c1cc2cc3c(cc2o1)OC(C(F)(F)F)C(C(=O)O)=C3. The first-order chi connectivity index (χ1) is 12.7. The topological polar surface area (TPSA) is 59.7 Å². The summed E-state index contributed by atoms with van der Waals surface area (Å²) in [6.07, 6.45) is -6.36. The van der Waals surface area contributed by atoms with Crippen molar-refractivity contribution in [1.29, 1.82) is 0 Å². The summed E-state index contributed by atoms with van der Waals surface area (Å²) in [4.78, 5) is 11.2. The van der Waals surface area contributed by atoms with Crippen molar-refractivity contribution in [1.82, 2.24) is 0 Å². The summed E-state index contributed by atoms with van der Waals surface area (Å²) >= 11 is 0. The number of ether oxygens (including phenoxy) is 1. The van der Waals surface area contributed by atoms with Crippen LogP contribution in [-0.2, 0) is 4.79 Å². The number of aryl methyl sites for hydroxylation is 1. The van der Waals surface area contributed by atoms with Crippen LogP contribution in [0.2, 0.25) is 0 Å². The predicted octanol–water partition coefficient (Wildman–Crippen LogP) is 5.20. The van der Waals surface area contributed by atoms with Crippen molar-refractivity contribution >= 4 is 23.0 Å². The average molecular weight is 374 g/mol. The van der Waals surface area contributed by atoms with Gasteiger partial charge in [0.2, 0.25) is 6.10 Å². The summed E-state index contributed by atoms with van der Waals surface area (Å²) in [6, 6.07) is 12.2. The molecule has 1 unspecified atom stereocenters. The highest BCUT2D eigenvalue weighted by molar-refractivity contribution is 5.97. The van der Waals surface area contributed by atoms with Gasteiger partial charge >= 0.3 is 12.1 Å². The van der Waals surface area contributed by atoms with Crippen LogP contribution < -0.4 is 4.74 Å². The van der Waals surface area contributed by atoms with E-state index in [0.717, 1.165) is 17.2 Å². The van der Waals surface area contributed by atoms with Gasteiger partial charge in [-0.3, -0.25) is 0 Å². The van der Waals surface area contributed by atoms with Crippen molar-refractivity contribution in [3.8, 4) is 17.1 Å². The van der Waals surface area contributed by atoms with Gasteiger partial charge in [-0.2, -0.15) is 13.2 Å². The van der Waals surface area contributed by atoms with E-state index < -0.39 is 23.8 Å². The van der Waals surface area contributed by atoms with Gasteiger partial charge in [0.05, 0.1) is 5.57 Å². The molecule has 3 aromatic rings. The molecule has 0 fully saturated rings. The van der Waals surface area contributed by atoms with Crippen molar-refractivity contribution in [2.45, 2.75) is 19.2 Å². The molecule has 1 atom stereocenters. The fraction of sp³-hybridized carbons (Fsp3) is 0.150. The number of aliphatic carboxylic acids is 1. The third-order valence-electron chi connectivity index (χ3n) is 4.44. The lowest BCUT2D eigenvalue weighted by Gasteiger charge is -2.26. The fourth-order valence-corrected chi connectivity index (χ4v) is 3.13. The van der Waals surface area contributed by atoms with Gasteiger partial charge in [0.15, 0.2) is 0 Å². The highest BCUT2D eigenvalue weighted by atomic mass is 19.4. The molecule has 27 heavy (non-hydrogen) atoms. The lowest BCUT2D eigenvalue weighted by Crippen LogP contribution is -2.40. The minimum absolute atomic E-state index is 0.0690. The van der Waals surface area contributed by atoms with E-state index in [4.69, 9.17) is 14.3 Å². The number of carboxylic acid groups (broad SMARTS) is 1. The molecule has 0 saturated carbocycles. The first kappa shape index (κ1) is 17.2. The number of carboxylic acids is 1. The van der Waals surface area contributed by atoms with Crippen LogP contribution in [0.4, 0.5) is 13.2 Å². The Balaban J connectivity index is 1.85. The van der Waals surface area contributed by atoms with Crippen LogP contribution in [0.1, 0.15) is 11.1 Å². The number of carbonyl (C=O) groups is 1. The van der Waals surface area contributed by atoms with Crippen molar-refractivity contribution in [3.05, 3.63) is 59.2 Å². The van der Waals surface area contributed by atoms with Gasteiger partial charge in [0, 0.05) is 22.6 Å². The molecule has 1 aliphatic rings. The number of hydrogen-bond donors (Lipinski definition) is 1. The number of fused-ring (bicyclic) bond motifs is 2. The van der Waals surface area contributed by atoms with Crippen LogP contribution in [0.3, 0.4) is 0 Å². The molecular weight excluding hydrogens is 361 g/mol. The number of benzene rings is 2. The molecule has 0 saturated heterocycles. The predicted molar refractivity (Wildman–Crippen MR) is 92.5 cm³/mol. The molecule has 138 valence electrons. The van der Waals surface area contributed by atoms with E-state index >= 15 is 0 Å². The van der Waals surface area contributed by atoms with E-state index in [0.29, 0.717) is 16.7 Å². The summed E-state index contributed by atoms with van der Waals surface area (Å²) < 4.78 is 50.3. The number of hydrogen-bond acceptors (Lipinski definition) is 3. The zero-order chi connectivity index (χ0) is 19.3. The minimum Gasteiger partial charge on any atom is -0.478 e. The smallest absolute Gasteiger partial charge is 0.430 e. The van der Waals surface area contributed by atoms with Gasteiger partial charge in [-0.25, -0.2) is 4.79 Å². The second-order valence-electron chi connectivity index (χ2n) is 6.30. The number of rotatable bonds is 2. The van der Waals surface area contributed by atoms with Gasteiger partial charge in [-0.05, 0) is 30.7 Å². The van der Waals surface area contributed by atoms with Gasteiger partial charge in [0.1, 0.15) is 17.1 Å². The molecule has 0 radical (unpaired) electrons. The van der Waals surface area contributed by atoms with Crippen LogP contribution >= 0.6 is 0 Å². The minimum atomic E-state index is -4.84. The lowest BCUT2D eigenvalue weighted by atomic mass is 10.00. The second-order valence-corrected chi connectivity index (χ2v) is 6.30. The van der Waals surface area contributed by atoms with Crippen molar-refractivity contribution < 1.29 is 32.2 Å². The van der Waals surface area contributed by atoms with Crippen LogP contribution in [0.25, 0.3) is 28.4 Å². The number of alkyl halides is 3. The third-order valence-corrected chi connectivity index (χ3v) is 4.44. The standard InChI is InChI=1S/C20H13F3O4/c1-10-4-2-3-5-13(10)17-8-12-6-11-7-14(19(24)25)18(20(21,22)23)27-16(11)9-15(12)26-17/h2-9,18H,1H3,(H,24,25). The van der Waals surface area contributed by atoms with E-state index in [1.165, 1.54) is 6.07 Å². The summed E-state index contributed by atoms with van der Waals surface area (Å²) in [5.41, 5.74) is 1.62. The van der Waals surface area contributed by atoms with Crippen molar-refractivity contribution in [3.63, 3.8) is 0 Å². The largest absolute Gasteiger partial charge is 0.478 e. The van der Waals surface area contributed by atoms with Gasteiger partial charge in [-0.1, -0.05) is 24.3 Å². The Labute approximate surface area is 151 Å². The quantitative estimate of drug-likeness (QED) is 0.670. The first-order valence-corrected chi connectivity index (χ1v) is 8.06. The Morgan fingerprint density at radius 3 is 2.56 bits per heavy atom. The molecule has 7 heteroatoms. The molecule has 0 amide bonds. The van der Waals surface area contributed by atoms with Crippen LogP contribution in [0.15, 0.2) is 52.5 Å². The Bertz CT molecular complexity index is 1090. The summed E-state index contributed by atoms with van der Waals surface area (Å²) in [5.74, 6) is -1.17. The second kappa shape index (κ2) is 5.90. The monoisotopic (exact) mass is 374 g/mol. The third kappa shape index (κ3) is 2.95. The van der Waals surface area contributed by atoms with Crippen molar-refractivity contribution in [2.75, 3.05) is 0 Å². The van der Waals surface area contributed by atoms with Gasteiger partial charge in [-0.15, -0.1) is 0 Å². The molecule has 1 N–H and O–H groups in total. The van der Waals surface area contributed by atoms with Gasteiger partial charge < -0.3 is 14.3 Å². The maximum atomic E-state index is 13.2. The van der Waals surface area contributed by atoms with Crippen molar-refractivity contribution in [2.24, 2.45) is 0 Å². The molecular formula is C20H13F3O4. The van der Waals surface area contributed by atoms with E-state index in [1.807, 2.05) is 31.2 Å². The van der Waals surface area contributed by atoms with E-state index in [9.17, 15) is 18.0 Å².